The molecule has 170 valence electrons. The summed E-state index contributed by atoms with van der Waals surface area (Å²) in [6.07, 6.45) is 0. The molecule has 0 bridgehead atoms. The van der Waals surface area contributed by atoms with Crippen molar-refractivity contribution in [1.29, 1.82) is 0 Å². The fraction of sp³-hybridized carbons (Fsp3) is 0.0333. The van der Waals surface area contributed by atoms with Crippen LogP contribution < -0.4 is 5.32 Å². The highest BCUT2D eigenvalue weighted by Crippen LogP contribution is 2.29. The van der Waals surface area contributed by atoms with Crippen molar-refractivity contribution in [3.63, 3.8) is 0 Å². The number of ketones is 1. The maximum atomic E-state index is 12.7. The van der Waals surface area contributed by atoms with Gasteiger partial charge in [0.05, 0.1) is 5.69 Å². The lowest BCUT2D eigenvalue weighted by atomic mass is 10.0. The van der Waals surface area contributed by atoms with Crippen LogP contribution in [0.1, 0.15) is 31.8 Å². The molecule has 0 aliphatic carbocycles. The number of hydrogen-bond donors (Lipinski definition) is 1. The highest BCUT2D eigenvalue weighted by atomic mass is 32.1. The third-order valence-electron chi connectivity index (χ3n) is 5.65. The summed E-state index contributed by atoms with van der Waals surface area (Å²) < 4.78 is 0. The van der Waals surface area contributed by atoms with Crippen LogP contribution in [-0.2, 0) is 6.54 Å². The predicted octanol–water partition coefficient (Wildman–Crippen LogP) is 6.64. The van der Waals surface area contributed by atoms with Gasteiger partial charge in [0.25, 0.3) is 5.91 Å². The number of amides is 1. The Morgan fingerprint density at radius 3 is 2.06 bits per heavy atom. The molecule has 0 fully saturated rings. The van der Waals surface area contributed by atoms with E-state index in [1.165, 1.54) is 0 Å². The Kier molecular flexibility index (Phi) is 6.59. The molecule has 1 amide bonds. The van der Waals surface area contributed by atoms with Crippen molar-refractivity contribution in [3.05, 3.63) is 137 Å². The quantitative estimate of drug-likeness (QED) is 0.269. The van der Waals surface area contributed by atoms with Gasteiger partial charge in [-0.3, -0.25) is 9.59 Å². The number of nitrogens with one attached hydrogen (secondary N) is 1. The molecule has 5 aromatic rings. The van der Waals surface area contributed by atoms with Gasteiger partial charge in [0.2, 0.25) is 0 Å². The summed E-state index contributed by atoms with van der Waals surface area (Å²) in [5.74, 6) is -0.248. The summed E-state index contributed by atoms with van der Waals surface area (Å²) in [7, 11) is 0. The second-order valence-corrected chi connectivity index (χ2v) is 8.92. The Bertz CT molecular complexity index is 1460. The van der Waals surface area contributed by atoms with Gasteiger partial charge in [0.15, 0.2) is 5.78 Å². The fourth-order valence-electron chi connectivity index (χ4n) is 3.78. The second kappa shape index (κ2) is 10.3. The minimum absolute atomic E-state index is 0.0630. The first-order valence-corrected chi connectivity index (χ1v) is 12.1. The van der Waals surface area contributed by atoms with E-state index in [-0.39, 0.29) is 11.7 Å². The van der Waals surface area contributed by atoms with E-state index in [1.54, 1.807) is 47.7 Å². The molecule has 0 saturated carbocycles. The van der Waals surface area contributed by atoms with Crippen molar-refractivity contribution in [3.8, 4) is 21.8 Å². The zero-order valence-corrected chi connectivity index (χ0v) is 19.7. The third kappa shape index (κ3) is 5.26. The lowest BCUT2D eigenvalue weighted by Gasteiger charge is -2.08. The molecular weight excluding hydrogens is 452 g/mol. The molecule has 0 saturated heterocycles. The number of thiazole rings is 1. The summed E-state index contributed by atoms with van der Waals surface area (Å²) >= 11 is 1.60. The number of hydrogen-bond acceptors (Lipinski definition) is 4. The third-order valence-corrected chi connectivity index (χ3v) is 6.54. The molecule has 0 atom stereocenters. The normalized spacial score (nSPS) is 10.6. The van der Waals surface area contributed by atoms with Crippen LogP contribution >= 0.6 is 11.3 Å². The van der Waals surface area contributed by atoms with Crippen LogP contribution in [0.25, 0.3) is 21.8 Å². The monoisotopic (exact) mass is 474 g/mol. The smallest absolute Gasteiger partial charge is 0.251 e. The Morgan fingerprint density at radius 2 is 1.31 bits per heavy atom. The molecule has 5 heteroatoms. The second-order valence-electron chi connectivity index (χ2n) is 8.06. The van der Waals surface area contributed by atoms with Crippen LogP contribution in [0.2, 0.25) is 0 Å². The predicted molar refractivity (Wildman–Crippen MR) is 140 cm³/mol. The minimum Gasteiger partial charge on any atom is -0.348 e. The SMILES string of the molecule is O=C(NCc1cccc(-c2nc(-c3ccccc3)cs2)c1)c1ccc(C(=O)c2ccccc2)cc1. The zero-order chi connectivity index (χ0) is 24.0. The topological polar surface area (TPSA) is 59.1 Å². The van der Waals surface area contributed by atoms with E-state index >= 15 is 0 Å². The van der Waals surface area contributed by atoms with Crippen LogP contribution in [0.4, 0.5) is 0 Å². The van der Waals surface area contributed by atoms with E-state index in [0.29, 0.717) is 23.2 Å². The Morgan fingerprint density at radius 1 is 0.686 bits per heavy atom. The van der Waals surface area contributed by atoms with Gasteiger partial charge in [-0.25, -0.2) is 4.98 Å². The molecule has 1 N–H and O–H groups in total. The van der Waals surface area contributed by atoms with Crippen LogP contribution in [0.15, 0.2) is 115 Å². The molecule has 0 aliphatic rings. The molecule has 1 heterocycles. The molecule has 0 spiro atoms. The van der Waals surface area contributed by atoms with E-state index in [0.717, 1.165) is 27.4 Å². The summed E-state index contributed by atoms with van der Waals surface area (Å²) in [6, 6.07) is 34.0. The van der Waals surface area contributed by atoms with Gasteiger partial charge >= 0.3 is 0 Å². The van der Waals surface area contributed by atoms with E-state index in [4.69, 9.17) is 4.98 Å². The molecule has 35 heavy (non-hydrogen) atoms. The van der Waals surface area contributed by atoms with Crippen LogP contribution in [-0.4, -0.2) is 16.7 Å². The van der Waals surface area contributed by atoms with Crippen molar-refractivity contribution >= 4 is 23.0 Å². The molecule has 1 aromatic heterocycles. The Balaban J connectivity index is 1.23. The van der Waals surface area contributed by atoms with Crippen molar-refractivity contribution in [2.24, 2.45) is 0 Å². The number of benzene rings is 4. The number of nitrogens with zero attached hydrogens (tertiary/aromatic N) is 1. The van der Waals surface area contributed by atoms with Gasteiger partial charge in [-0.05, 0) is 23.8 Å². The fourth-order valence-corrected chi connectivity index (χ4v) is 4.60. The van der Waals surface area contributed by atoms with Crippen molar-refractivity contribution < 1.29 is 9.59 Å². The highest BCUT2D eigenvalue weighted by Gasteiger charge is 2.11. The average Bonchev–Trinajstić information content (AvgIpc) is 3.43. The summed E-state index contributed by atoms with van der Waals surface area (Å²) in [5.41, 5.74) is 5.75. The van der Waals surface area contributed by atoms with Crippen molar-refractivity contribution in [1.82, 2.24) is 10.3 Å². The molecule has 0 unspecified atom stereocenters. The zero-order valence-electron chi connectivity index (χ0n) is 18.8. The molecular formula is C30H22N2O2S. The molecule has 4 nitrogen and oxygen atoms in total. The van der Waals surface area contributed by atoms with Gasteiger partial charge in [0.1, 0.15) is 5.01 Å². The average molecular weight is 475 g/mol. The molecule has 4 aromatic carbocycles. The summed E-state index contributed by atoms with van der Waals surface area (Å²) in [4.78, 5) is 30.0. The van der Waals surface area contributed by atoms with Crippen LogP contribution in [0, 0.1) is 0 Å². The maximum Gasteiger partial charge on any atom is 0.251 e. The number of carbonyl (C=O) groups is 2. The lowest BCUT2D eigenvalue weighted by molar-refractivity contribution is 0.0949. The van der Waals surface area contributed by atoms with Crippen LogP contribution in [0.5, 0.6) is 0 Å². The molecule has 0 radical (unpaired) electrons. The van der Waals surface area contributed by atoms with Crippen molar-refractivity contribution in [2.75, 3.05) is 0 Å². The standard InChI is InChI=1S/C30H22N2O2S/c33-28(23-11-5-2-6-12-23)24-14-16-25(17-15-24)29(34)31-19-21-8-7-13-26(18-21)30-32-27(20-35-30)22-9-3-1-4-10-22/h1-18,20H,19H2,(H,31,34). The first-order chi connectivity index (χ1) is 17.2. The number of aromatic nitrogens is 1. The van der Waals surface area contributed by atoms with Gasteiger partial charge in [0, 0.05) is 39.7 Å². The van der Waals surface area contributed by atoms with Gasteiger partial charge in [-0.1, -0.05) is 91.0 Å². The van der Waals surface area contributed by atoms with E-state index < -0.39 is 0 Å². The van der Waals surface area contributed by atoms with E-state index in [9.17, 15) is 9.59 Å². The van der Waals surface area contributed by atoms with Crippen LogP contribution in [0.3, 0.4) is 0 Å². The molecule has 5 rings (SSSR count). The van der Waals surface area contributed by atoms with Gasteiger partial charge in [-0.15, -0.1) is 11.3 Å². The minimum atomic E-state index is -0.185. The van der Waals surface area contributed by atoms with Gasteiger partial charge in [-0.2, -0.15) is 0 Å². The van der Waals surface area contributed by atoms with E-state index in [1.807, 2.05) is 54.6 Å². The summed E-state index contributed by atoms with van der Waals surface area (Å²) in [5, 5.41) is 5.97. The Labute approximate surface area is 207 Å². The lowest BCUT2D eigenvalue weighted by Crippen LogP contribution is -2.22. The number of rotatable bonds is 7. The van der Waals surface area contributed by atoms with Gasteiger partial charge < -0.3 is 5.32 Å². The maximum absolute atomic E-state index is 12.7. The van der Waals surface area contributed by atoms with E-state index in [2.05, 4.69) is 28.9 Å². The van der Waals surface area contributed by atoms with Crippen molar-refractivity contribution in [2.45, 2.75) is 6.54 Å². The highest BCUT2D eigenvalue weighted by molar-refractivity contribution is 7.13. The molecule has 0 aliphatic heterocycles. The first-order valence-electron chi connectivity index (χ1n) is 11.3. The first kappa shape index (κ1) is 22.4. The summed E-state index contributed by atoms with van der Waals surface area (Å²) in [6.45, 7) is 0.397. The largest absolute Gasteiger partial charge is 0.348 e. The Hall–Kier alpha value is -4.35. The number of carbonyl (C=O) groups excluding carboxylic acids is 2.